The maximum Gasteiger partial charge on any atom is 0.387 e. The molecule has 0 radical (unpaired) electrons. The van der Waals surface area contributed by atoms with Crippen LogP contribution < -0.4 is 10.1 Å². The van der Waals surface area contributed by atoms with E-state index in [0.29, 0.717) is 12.1 Å². The Morgan fingerprint density at radius 2 is 2.05 bits per heavy atom. The van der Waals surface area contributed by atoms with Crippen LogP contribution in [0.3, 0.4) is 0 Å². The zero-order chi connectivity index (χ0) is 15.1. The van der Waals surface area contributed by atoms with Gasteiger partial charge in [0.1, 0.15) is 5.75 Å². The van der Waals surface area contributed by atoms with Crippen molar-refractivity contribution < 1.29 is 13.5 Å². The zero-order valence-electron chi connectivity index (χ0n) is 12.2. The Balaban J connectivity index is 2.09. The lowest BCUT2D eigenvalue weighted by Crippen LogP contribution is -2.39. The van der Waals surface area contributed by atoms with Crippen molar-refractivity contribution in [3.63, 3.8) is 0 Å². The highest BCUT2D eigenvalue weighted by Gasteiger charge is 2.16. The summed E-state index contributed by atoms with van der Waals surface area (Å²) in [5.41, 5.74) is 0.660. The molecule has 1 fully saturated rings. The first-order valence-electron chi connectivity index (χ1n) is 7.26. The predicted octanol–water partition coefficient (Wildman–Crippen LogP) is 2.85. The number of hydrogen-bond donors (Lipinski definition) is 1. The molecule has 21 heavy (non-hydrogen) atoms. The zero-order valence-corrected chi connectivity index (χ0v) is 12.2. The van der Waals surface area contributed by atoms with E-state index < -0.39 is 6.61 Å². The Bertz CT molecular complexity index is 474. The molecular formula is C15H21F2N3O. The average molecular weight is 297 g/mol. The number of nitrogens with zero attached hydrogens (tertiary/aromatic N) is 2. The smallest absolute Gasteiger partial charge is 0.387 e. The van der Waals surface area contributed by atoms with Crippen LogP contribution >= 0.6 is 0 Å². The van der Waals surface area contributed by atoms with Gasteiger partial charge in [0, 0.05) is 25.2 Å². The number of para-hydroxylation sites is 1. The van der Waals surface area contributed by atoms with Crippen LogP contribution in [0.2, 0.25) is 0 Å². The summed E-state index contributed by atoms with van der Waals surface area (Å²) in [5, 5.41) is 3.24. The lowest BCUT2D eigenvalue weighted by Gasteiger charge is -2.21. The fraction of sp³-hybridized carbons (Fsp3) is 0.533. The molecule has 1 aliphatic rings. The Labute approximate surface area is 123 Å². The molecular weight excluding hydrogens is 276 g/mol. The first-order valence-corrected chi connectivity index (χ1v) is 7.26. The van der Waals surface area contributed by atoms with Crippen molar-refractivity contribution in [2.75, 3.05) is 19.6 Å². The Hall–Kier alpha value is -1.85. The molecule has 0 unspecified atom stereocenters. The molecule has 0 saturated carbocycles. The molecule has 6 heteroatoms. The Morgan fingerprint density at radius 3 is 2.71 bits per heavy atom. The molecule has 0 aliphatic carbocycles. The summed E-state index contributed by atoms with van der Waals surface area (Å²) in [4.78, 5) is 6.73. The van der Waals surface area contributed by atoms with Crippen molar-refractivity contribution >= 4 is 5.96 Å². The molecule has 4 nitrogen and oxygen atoms in total. The minimum Gasteiger partial charge on any atom is -0.434 e. The Kier molecular flexibility index (Phi) is 5.78. The SMILES string of the molecule is CCNC(=NCc1ccccc1OC(F)F)N1CCCC1. The summed E-state index contributed by atoms with van der Waals surface area (Å²) >= 11 is 0. The van der Waals surface area contributed by atoms with E-state index >= 15 is 0 Å². The molecule has 1 saturated heterocycles. The van der Waals surface area contributed by atoms with E-state index in [2.05, 4.69) is 19.9 Å². The Morgan fingerprint density at radius 1 is 1.33 bits per heavy atom. The number of guanidine groups is 1. The molecule has 1 aromatic carbocycles. The van der Waals surface area contributed by atoms with Crippen LogP contribution in [-0.2, 0) is 6.54 Å². The summed E-state index contributed by atoms with van der Waals surface area (Å²) in [7, 11) is 0. The van der Waals surface area contributed by atoms with E-state index in [9.17, 15) is 8.78 Å². The van der Waals surface area contributed by atoms with E-state index in [-0.39, 0.29) is 5.75 Å². The first-order chi connectivity index (χ1) is 10.2. The van der Waals surface area contributed by atoms with Crippen molar-refractivity contribution in [2.24, 2.45) is 4.99 Å². The molecule has 1 heterocycles. The second kappa shape index (κ2) is 7.81. The standard InChI is InChI=1S/C15H21F2N3O/c1-2-18-15(20-9-5-6-10-20)19-11-12-7-3-4-8-13(12)21-14(16)17/h3-4,7-8,14H,2,5-6,9-11H2,1H3,(H,18,19). The second-order valence-electron chi connectivity index (χ2n) is 4.85. The van der Waals surface area contributed by atoms with Gasteiger partial charge < -0.3 is 15.0 Å². The van der Waals surface area contributed by atoms with Crippen molar-refractivity contribution in [1.29, 1.82) is 0 Å². The van der Waals surface area contributed by atoms with Crippen LogP contribution in [-0.4, -0.2) is 37.1 Å². The summed E-state index contributed by atoms with van der Waals surface area (Å²) < 4.78 is 29.3. The van der Waals surface area contributed by atoms with Gasteiger partial charge in [0.05, 0.1) is 6.54 Å². The van der Waals surface area contributed by atoms with Gasteiger partial charge in [0.25, 0.3) is 0 Å². The van der Waals surface area contributed by atoms with Gasteiger partial charge in [0.15, 0.2) is 5.96 Å². The summed E-state index contributed by atoms with van der Waals surface area (Å²) in [6, 6.07) is 6.77. The maximum absolute atomic E-state index is 12.4. The fourth-order valence-corrected chi connectivity index (χ4v) is 2.36. The van der Waals surface area contributed by atoms with E-state index in [0.717, 1.165) is 38.4 Å². The highest BCUT2D eigenvalue weighted by atomic mass is 19.3. The van der Waals surface area contributed by atoms with Crippen LogP contribution in [0.25, 0.3) is 0 Å². The topological polar surface area (TPSA) is 36.9 Å². The minimum absolute atomic E-state index is 0.188. The number of benzene rings is 1. The number of halogens is 2. The van der Waals surface area contributed by atoms with E-state index in [4.69, 9.17) is 0 Å². The molecule has 1 N–H and O–H groups in total. The highest BCUT2D eigenvalue weighted by Crippen LogP contribution is 2.21. The van der Waals surface area contributed by atoms with Crippen LogP contribution in [0.1, 0.15) is 25.3 Å². The lowest BCUT2D eigenvalue weighted by atomic mass is 10.2. The highest BCUT2D eigenvalue weighted by molar-refractivity contribution is 5.80. The minimum atomic E-state index is -2.82. The number of likely N-dealkylation sites (tertiary alicyclic amines) is 1. The number of hydrogen-bond acceptors (Lipinski definition) is 2. The number of aliphatic imine (C=N–C) groups is 1. The molecule has 1 aliphatic heterocycles. The molecule has 0 bridgehead atoms. The number of ether oxygens (including phenoxy) is 1. The van der Waals surface area contributed by atoms with Crippen LogP contribution in [0, 0.1) is 0 Å². The summed E-state index contributed by atoms with van der Waals surface area (Å²) in [6.45, 7) is 2.27. The second-order valence-corrected chi connectivity index (χ2v) is 4.85. The van der Waals surface area contributed by atoms with Crippen LogP contribution in [0.15, 0.2) is 29.3 Å². The van der Waals surface area contributed by atoms with Crippen molar-refractivity contribution in [2.45, 2.75) is 32.9 Å². The molecule has 0 spiro atoms. The van der Waals surface area contributed by atoms with Crippen LogP contribution in [0.5, 0.6) is 5.75 Å². The number of nitrogens with one attached hydrogen (secondary N) is 1. The van der Waals surface area contributed by atoms with Crippen molar-refractivity contribution in [3.05, 3.63) is 29.8 Å². The van der Waals surface area contributed by atoms with Gasteiger partial charge in [-0.1, -0.05) is 18.2 Å². The normalized spacial score (nSPS) is 15.6. The summed E-state index contributed by atoms with van der Waals surface area (Å²) in [6.07, 6.45) is 2.32. The van der Waals surface area contributed by atoms with E-state index in [1.165, 1.54) is 0 Å². The largest absolute Gasteiger partial charge is 0.434 e. The van der Waals surface area contributed by atoms with Gasteiger partial charge in [-0.2, -0.15) is 8.78 Å². The van der Waals surface area contributed by atoms with Crippen molar-refractivity contribution in [1.82, 2.24) is 10.2 Å². The molecule has 116 valence electrons. The molecule has 0 amide bonds. The van der Waals surface area contributed by atoms with Gasteiger partial charge in [-0.15, -0.1) is 0 Å². The fourth-order valence-electron chi connectivity index (χ4n) is 2.36. The maximum atomic E-state index is 12.4. The third-order valence-corrected chi connectivity index (χ3v) is 3.33. The molecule has 0 aromatic heterocycles. The quantitative estimate of drug-likeness (QED) is 0.671. The van der Waals surface area contributed by atoms with E-state index in [1.807, 2.05) is 6.92 Å². The average Bonchev–Trinajstić information content (AvgIpc) is 2.98. The van der Waals surface area contributed by atoms with Crippen LogP contribution in [0.4, 0.5) is 8.78 Å². The van der Waals surface area contributed by atoms with Crippen molar-refractivity contribution in [3.8, 4) is 5.75 Å². The lowest BCUT2D eigenvalue weighted by molar-refractivity contribution is -0.0504. The van der Waals surface area contributed by atoms with E-state index in [1.54, 1.807) is 24.3 Å². The van der Waals surface area contributed by atoms with Gasteiger partial charge in [-0.05, 0) is 25.8 Å². The van der Waals surface area contributed by atoms with Gasteiger partial charge in [0.2, 0.25) is 0 Å². The molecule has 2 rings (SSSR count). The van der Waals surface area contributed by atoms with Gasteiger partial charge >= 0.3 is 6.61 Å². The molecule has 1 aromatic rings. The monoisotopic (exact) mass is 297 g/mol. The number of alkyl halides is 2. The number of rotatable bonds is 5. The summed E-state index contributed by atoms with van der Waals surface area (Å²) in [5.74, 6) is 1.02. The predicted molar refractivity (Wildman–Crippen MR) is 78.7 cm³/mol. The van der Waals surface area contributed by atoms with Gasteiger partial charge in [-0.3, -0.25) is 0 Å². The first kappa shape index (κ1) is 15.5. The third-order valence-electron chi connectivity index (χ3n) is 3.33. The third kappa shape index (κ3) is 4.58. The molecule has 0 atom stereocenters. The van der Waals surface area contributed by atoms with Gasteiger partial charge in [-0.25, -0.2) is 4.99 Å².